The molecule has 0 saturated heterocycles. The molecule has 0 radical (unpaired) electrons. The molecule has 0 aliphatic heterocycles. The second kappa shape index (κ2) is 8.51. The molecule has 0 aliphatic rings. The van der Waals surface area contributed by atoms with E-state index in [-0.39, 0.29) is 36.3 Å². The van der Waals surface area contributed by atoms with Crippen molar-refractivity contribution in [3.05, 3.63) is 29.8 Å². The first-order valence-corrected chi connectivity index (χ1v) is 8.27. The van der Waals surface area contributed by atoms with Gasteiger partial charge in [0.1, 0.15) is 0 Å². The molecule has 1 amide bonds. The number of carbonyl (C=O) groups is 1. The number of halogens is 1. The summed E-state index contributed by atoms with van der Waals surface area (Å²) in [6.07, 6.45) is 1.65. The average Bonchev–Trinajstić information content (AvgIpc) is 2.44. The molecule has 4 atom stereocenters. The van der Waals surface area contributed by atoms with Crippen LogP contribution in [0.15, 0.2) is 29.2 Å². The highest BCUT2D eigenvalue weighted by Crippen LogP contribution is 2.22. The minimum absolute atomic E-state index is 0. The van der Waals surface area contributed by atoms with Crippen molar-refractivity contribution in [2.45, 2.75) is 37.8 Å². The highest BCUT2D eigenvalue weighted by molar-refractivity contribution is 7.84. The highest BCUT2D eigenvalue weighted by Gasteiger charge is 2.24. The maximum atomic E-state index is 12.3. The van der Waals surface area contributed by atoms with Gasteiger partial charge in [-0.1, -0.05) is 19.1 Å². The van der Waals surface area contributed by atoms with Gasteiger partial charge in [-0.2, -0.15) is 0 Å². The van der Waals surface area contributed by atoms with Crippen molar-refractivity contribution in [3.63, 3.8) is 0 Å². The number of hydrogen-bond acceptors (Lipinski definition) is 3. The van der Waals surface area contributed by atoms with Crippen LogP contribution >= 0.6 is 12.4 Å². The number of amides is 1. The predicted octanol–water partition coefficient (Wildman–Crippen LogP) is 2.35. The first-order valence-electron chi connectivity index (χ1n) is 6.71. The van der Waals surface area contributed by atoms with Gasteiger partial charge in [0.25, 0.3) is 0 Å². The quantitative estimate of drug-likeness (QED) is 0.900. The van der Waals surface area contributed by atoms with E-state index in [1.54, 1.807) is 18.2 Å². The summed E-state index contributed by atoms with van der Waals surface area (Å²) < 4.78 is 11.4. The number of rotatable bonds is 5. The molecule has 0 aromatic heterocycles. The van der Waals surface area contributed by atoms with Gasteiger partial charge in [0.2, 0.25) is 5.91 Å². The van der Waals surface area contributed by atoms with Crippen molar-refractivity contribution in [2.24, 2.45) is 11.7 Å². The number of benzene rings is 1. The van der Waals surface area contributed by atoms with E-state index in [1.807, 2.05) is 45.0 Å². The van der Waals surface area contributed by atoms with Crippen molar-refractivity contribution in [3.8, 4) is 0 Å². The lowest BCUT2D eigenvalue weighted by atomic mass is 10.0. The molecule has 4 nitrogen and oxygen atoms in total. The van der Waals surface area contributed by atoms with Gasteiger partial charge in [-0.15, -0.1) is 12.4 Å². The van der Waals surface area contributed by atoms with E-state index < -0.39 is 10.8 Å². The zero-order chi connectivity index (χ0) is 15.4. The van der Waals surface area contributed by atoms with E-state index in [1.165, 1.54) is 0 Å². The van der Waals surface area contributed by atoms with E-state index in [0.29, 0.717) is 0 Å². The van der Waals surface area contributed by atoms with Crippen LogP contribution in [0.5, 0.6) is 0 Å². The Balaban J connectivity index is 0.00000400. The Morgan fingerprint density at radius 1 is 1.19 bits per heavy atom. The maximum absolute atomic E-state index is 12.3. The number of nitrogens with zero attached hydrogens (tertiary/aromatic N) is 1. The van der Waals surface area contributed by atoms with E-state index in [9.17, 15) is 9.00 Å². The zero-order valence-corrected chi connectivity index (χ0v) is 14.8. The van der Waals surface area contributed by atoms with E-state index in [2.05, 4.69) is 0 Å². The topological polar surface area (TPSA) is 63.4 Å². The lowest BCUT2D eigenvalue weighted by molar-refractivity contribution is -0.136. The van der Waals surface area contributed by atoms with Crippen LogP contribution in [0.2, 0.25) is 0 Å². The summed E-state index contributed by atoms with van der Waals surface area (Å²) in [5.41, 5.74) is 6.81. The highest BCUT2D eigenvalue weighted by atomic mass is 35.5. The first kappa shape index (κ1) is 20.1. The third kappa shape index (κ3) is 5.09. The summed E-state index contributed by atoms with van der Waals surface area (Å²) in [5, 5.41) is 0. The summed E-state index contributed by atoms with van der Waals surface area (Å²) >= 11 is 0. The van der Waals surface area contributed by atoms with E-state index in [0.717, 1.165) is 10.5 Å². The monoisotopic (exact) mass is 332 g/mol. The van der Waals surface area contributed by atoms with E-state index in [4.69, 9.17) is 5.73 Å². The fraction of sp³-hybridized carbons (Fsp3) is 0.533. The molecule has 0 heterocycles. The van der Waals surface area contributed by atoms with Gasteiger partial charge in [-0.05, 0) is 31.5 Å². The van der Waals surface area contributed by atoms with Crippen molar-refractivity contribution < 1.29 is 9.00 Å². The zero-order valence-electron chi connectivity index (χ0n) is 13.2. The Bertz CT molecular complexity index is 491. The molecular formula is C15H25ClN2O2S. The molecule has 4 unspecified atom stereocenters. The molecule has 0 spiro atoms. The van der Waals surface area contributed by atoms with Crippen LogP contribution in [0.3, 0.4) is 0 Å². The fourth-order valence-corrected chi connectivity index (χ4v) is 2.42. The Morgan fingerprint density at radius 3 is 2.05 bits per heavy atom. The molecule has 0 bridgehead atoms. The summed E-state index contributed by atoms with van der Waals surface area (Å²) in [4.78, 5) is 14.8. The second-order valence-electron chi connectivity index (χ2n) is 5.30. The number of nitrogens with two attached hydrogens (primary N) is 1. The van der Waals surface area contributed by atoms with Gasteiger partial charge in [0, 0.05) is 35.0 Å². The van der Waals surface area contributed by atoms with Crippen LogP contribution in [0, 0.1) is 5.92 Å². The second-order valence-corrected chi connectivity index (χ2v) is 6.68. The summed E-state index contributed by atoms with van der Waals surface area (Å²) in [5.74, 6) is -0.166. The Labute approximate surface area is 136 Å². The maximum Gasteiger partial charge on any atom is 0.227 e. The van der Waals surface area contributed by atoms with Crippen LogP contribution in [-0.2, 0) is 15.6 Å². The fourth-order valence-electron chi connectivity index (χ4n) is 1.90. The summed E-state index contributed by atoms with van der Waals surface area (Å²) in [6.45, 7) is 5.66. The lowest BCUT2D eigenvalue weighted by Crippen LogP contribution is -2.40. The van der Waals surface area contributed by atoms with Crippen LogP contribution in [0.1, 0.15) is 32.4 Å². The van der Waals surface area contributed by atoms with Gasteiger partial charge >= 0.3 is 0 Å². The van der Waals surface area contributed by atoms with Gasteiger partial charge in [-0.25, -0.2) is 0 Å². The number of carbonyl (C=O) groups excluding carboxylic acids is 1. The van der Waals surface area contributed by atoms with Crippen molar-refractivity contribution >= 4 is 29.1 Å². The van der Waals surface area contributed by atoms with Crippen molar-refractivity contribution in [1.29, 1.82) is 0 Å². The van der Waals surface area contributed by atoms with Crippen LogP contribution in [0.4, 0.5) is 0 Å². The van der Waals surface area contributed by atoms with Crippen LogP contribution in [-0.4, -0.2) is 34.4 Å². The van der Waals surface area contributed by atoms with Crippen molar-refractivity contribution in [2.75, 3.05) is 13.3 Å². The Hall–Kier alpha value is -0.910. The predicted molar refractivity (Wildman–Crippen MR) is 90.0 cm³/mol. The Morgan fingerprint density at radius 2 is 1.67 bits per heavy atom. The molecule has 1 rings (SSSR count). The largest absolute Gasteiger partial charge is 0.339 e. The Kier molecular flexibility index (Phi) is 8.14. The van der Waals surface area contributed by atoms with Gasteiger partial charge in [0.05, 0.1) is 12.0 Å². The molecule has 0 fully saturated rings. The smallest absolute Gasteiger partial charge is 0.227 e. The molecule has 21 heavy (non-hydrogen) atoms. The summed E-state index contributed by atoms with van der Waals surface area (Å²) in [6, 6.07) is 7.32. The van der Waals surface area contributed by atoms with E-state index >= 15 is 0 Å². The minimum Gasteiger partial charge on any atom is -0.339 e. The molecule has 6 heteroatoms. The summed E-state index contributed by atoms with van der Waals surface area (Å²) in [7, 11) is 0.809. The van der Waals surface area contributed by atoms with Crippen LogP contribution in [0.25, 0.3) is 0 Å². The lowest BCUT2D eigenvalue weighted by Gasteiger charge is -2.29. The third-order valence-corrected chi connectivity index (χ3v) is 4.74. The minimum atomic E-state index is -0.981. The molecule has 1 aromatic rings. The van der Waals surface area contributed by atoms with Gasteiger partial charge < -0.3 is 10.6 Å². The molecule has 0 aliphatic carbocycles. The van der Waals surface area contributed by atoms with Crippen molar-refractivity contribution in [1.82, 2.24) is 4.90 Å². The SMILES string of the molecule is CC(N)C(C)C(=O)N(C)C(C)c1ccc(S(C)=O)cc1.Cl. The molecule has 2 N–H and O–H groups in total. The molecule has 0 saturated carbocycles. The molecule has 120 valence electrons. The molecular weight excluding hydrogens is 308 g/mol. The number of hydrogen-bond donors (Lipinski definition) is 1. The van der Waals surface area contributed by atoms with Gasteiger partial charge in [0.15, 0.2) is 0 Å². The average molecular weight is 333 g/mol. The standard InChI is InChI=1S/C15H24N2O2S.ClH/c1-10(11(2)16)15(18)17(4)12(3)13-6-8-14(9-7-13)20(5)19;/h6-12H,16H2,1-5H3;1H. The van der Waals surface area contributed by atoms with Gasteiger partial charge in [-0.3, -0.25) is 9.00 Å². The van der Waals surface area contributed by atoms with Crippen LogP contribution < -0.4 is 5.73 Å². The molecule has 1 aromatic carbocycles. The first-order chi connectivity index (χ1) is 9.25. The third-order valence-electron chi connectivity index (χ3n) is 3.80. The normalized spacial score (nSPS) is 16.3.